The molecule has 0 amide bonds. The van der Waals surface area contributed by atoms with E-state index in [0.29, 0.717) is 13.2 Å². The van der Waals surface area contributed by atoms with Crippen molar-refractivity contribution in [3.63, 3.8) is 0 Å². The highest BCUT2D eigenvalue weighted by Gasteiger charge is 2.23. The van der Waals surface area contributed by atoms with E-state index in [-0.39, 0.29) is 12.3 Å². The molecule has 0 aliphatic carbocycles. The van der Waals surface area contributed by atoms with Crippen molar-refractivity contribution in [2.24, 2.45) is 0 Å². The van der Waals surface area contributed by atoms with E-state index in [1.165, 1.54) is 5.69 Å². The van der Waals surface area contributed by atoms with E-state index >= 15 is 0 Å². The third-order valence-corrected chi connectivity index (χ3v) is 3.37. The van der Waals surface area contributed by atoms with E-state index in [9.17, 15) is 0 Å². The molecule has 5 nitrogen and oxygen atoms in total. The van der Waals surface area contributed by atoms with Crippen LogP contribution in [0.1, 0.15) is 39.1 Å². The number of nitrogens with zero attached hydrogens (tertiary/aromatic N) is 2. The van der Waals surface area contributed by atoms with Crippen molar-refractivity contribution in [3.8, 4) is 0 Å². The minimum Gasteiger partial charge on any atom is -0.351 e. The third kappa shape index (κ3) is 4.58. The molecule has 0 radical (unpaired) electrons. The zero-order chi connectivity index (χ0) is 15.0. The molecule has 1 aromatic heterocycles. The molecular weight excluding hydrogens is 254 g/mol. The highest BCUT2D eigenvalue weighted by molar-refractivity contribution is 5.12. The molecule has 1 unspecified atom stereocenters. The molecule has 20 heavy (non-hydrogen) atoms. The molecular formula is C15H29N3O2. The summed E-state index contributed by atoms with van der Waals surface area (Å²) in [5.74, 6) is 0. The van der Waals surface area contributed by atoms with Gasteiger partial charge in [0.25, 0.3) is 0 Å². The number of hydrogen-bond acceptors (Lipinski definition) is 4. The summed E-state index contributed by atoms with van der Waals surface area (Å²) in [6, 6.07) is 2.31. The predicted molar refractivity (Wildman–Crippen MR) is 80.9 cm³/mol. The van der Waals surface area contributed by atoms with Crippen LogP contribution in [0.25, 0.3) is 0 Å². The maximum Gasteiger partial charge on any atom is 0.173 e. The first kappa shape index (κ1) is 17.1. The Morgan fingerprint density at radius 3 is 2.30 bits per heavy atom. The monoisotopic (exact) mass is 283 g/mol. The first-order valence-electron chi connectivity index (χ1n) is 7.66. The molecule has 1 N–H and O–H groups in total. The normalized spacial score (nSPS) is 13.1. The molecule has 0 saturated carbocycles. The Labute approximate surface area is 122 Å². The van der Waals surface area contributed by atoms with E-state index in [0.717, 1.165) is 25.1 Å². The first-order valence-corrected chi connectivity index (χ1v) is 7.66. The van der Waals surface area contributed by atoms with Gasteiger partial charge < -0.3 is 14.8 Å². The Kier molecular flexibility index (Phi) is 7.80. The lowest BCUT2D eigenvalue weighted by Crippen LogP contribution is -2.43. The molecule has 0 bridgehead atoms. The Morgan fingerprint density at radius 1 is 1.20 bits per heavy atom. The summed E-state index contributed by atoms with van der Waals surface area (Å²) in [6.07, 6.45) is 1.59. The smallest absolute Gasteiger partial charge is 0.173 e. The molecule has 1 atom stereocenters. The second kappa shape index (κ2) is 9.10. The van der Waals surface area contributed by atoms with Crippen LogP contribution in [0.3, 0.4) is 0 Å². The maximum absolute atomic E-state index is 5.70. The lowest BCUT2D eigenvalue weighted by Gasteiger charge is -2.26. The summed E-state index contributed by atoms with van der Waals surface area (Å²) in [5.41, 5.74) is 2.37. The Bertz CT molecular complexity index is 373. The summed E-state index contributed by atoms with van der Waals surface area (Å²) in [7, 11) is 1.95. The van der Waals surface area contributed by atoms with Crippen molar-refractivity contribution in [1.82, 2.24) is 15.1 Å². The Hall–Kier alpha value is -0.910. The minimum absolute atomic E-state index is 0.126. The van der Waals surface area contributed by atoms with E-state index in [2.05, 4.69) is 35.0 Å². The fourth-order valence-electron chi connectivity index (χ4n) is 2.29. The number of rotatable bonds is 10. The lowest BCUT2D eigenvalue weighted by molar-refractivity contribution is -0.153. The van der Waals surface area contributed by atoms with Gasteiger partial charge in [0.05, 0.1) is 11.7 Å². The van der Waals surface area contributed by atoms with Crippen molar-refractivity contribution in [1.29, 1.82) is 0 Å². The number of aryl methyl sites for hydroxylation is 2. The van der Waals surface area contributed by atoms with Gasteiger partial charge in [-0.05, 0) is 40.3 Å². The Balaban J connectivity index is 2.82. The number of likely N-dealkylation sites (N-methyl/N-ethyl adjacent to an activating group) is 1. The molecule has 1 heterocycles. The van der Waals surface area contributed by atoms with Crippen LogP contribution in [-0.2, 0) is 28.9 Å². The minimum atomic E-state index is -0.222. The van der Waals surface area contributed by atoms with Crippen LogP contribution >= 0.6 is 0 Å². The van der Waals surface area contributed by atoms with Gasteiger partial charge in [0.1, 0.15) is 0 Å². The molecule has 1 aromatic rings. The van der Waals surface area contributed by atoms with Crippen molar-refractivity contribution >= 4 is 0 Å². The molecule has 0 aliphatic rings. The van der Waals surface area contributed by atoms with Gasteiger partial charge in [0, 0.05) is 31.9 Å². The molecule has 1 rings (SSSR count). The van der Waals surface area contributed by atoms with Crippen LogP contribution in [0.2, 0.25) is 0 Å². The molecule has 0 aromatic carbocycles. The van der Waals surface area contributed by atoms with Crippen LogP contribution in [-0.4, -0.2) is 42.4 Å². The average Bonchev–Trinajstić information content (AvgIpc) is 2.86. The van der Waals surface area contributed by atoms with Crippen LogP contribution in [0, 0.1) is 0 Å². The SMILES string of the molecule is CCOC(OCC)C(Cc1cc(CC)nn1CC)NC. The molecule has 0 saturated heterocycles. The summed E-state index contributed by atoms with van der Waals surface area (Å²) in [4.78, 5) is 0. The number of nitrogens with one attached hydrogen (secondary N) is 1. The second-order valence-corrected chi connectivity index (χ2v) is 4.67. The van der Waals surface area contributed by atoms with E-state index in [1.807, 2.05) is 20.9 Å². The standard InChI is InChI=1S/C15H29N3O2/c1-6-12-10-13(18(7-2)17-12)11-14(16-5)15(19-8-3)20-9-4/h10,14-16H,6-9,11H2,1-5H3. The summed E-state index contributed by atoms with van der Waals surface area (Å²) in [5, 5.41) is 7.90. The van der Waals surface area contributed by atoms with Gasteiger partial charge in [-0.15, -0.1) is 0 Å². The Morgan fingerprint density at radius 2 is 1.85 bits per heavy atom. The van der Waals surface area contributed by atoms with Crippen LogP contribution < -0.4 is 5.32 Å². The van der Waals surface area contributed by atoms with Crippen LogP contribution in [0.15, 0.2) is 6.07 Å². The van der Waals surface area contributed by atoms with Gasteiger partial charge in [-0.2, -0.15) is 5.10 Å². The van der Waals surface area contributed by atoms with Gasteiger partial charge in [0.2, 0.25) is 0 Å². The number of hydrogen-bond donors (Lipinski definition) is 1. The second-order valence-electron chi connectivity index (χ2n) is 4.67. The first-order chi connectivity index (χ1) is 9.69. The van der Waals surface area contributed by atoms with Gasteiger partial charge in [-0.3, -0.25) is 4.68 Å². The topological polar surface area (TPSA) is 48.3 Å². The molecule has 0 spiro atoms. The quantitative estimate of drug-likeness (QED) is 0.667. The third-order valence-electron chi connectivity index (χ3n) is 3.37. The van der Waals surface area contributed by atoms with E-state index in [1.54, 1.807) is 0 Å². The van der Waals surface area contributed by atoms with Crippen molar-refractivity contribution in [2.45, 2.75) is 59.4 Å². The molecule has 116 valence electrons. The van der Waals surface area contributed by atoms with Gasteiger partial charge in [-0.1, -0.05) is 6.92 Å². The summed E-state index contributed by atoms with van der Waals surface area (Å²) in [6.45, 7) is 10.4. The fourth-order valence-corrected chi connectivity index (χ4v) is 2.29. The molecule has 5 heteroatoms. The zero-order valence-corrected chi connectivity index (χ0v) is 13.5. The van der Waals surface area contributed by atoms with Crippen molar-refractivity contribution < 1.29 is 9.47 Å². The van der Waals surface area contributed by atoms with Crippen LogP contribution in [0.5, 0.6) is 0 Å². The predicted octanol–water partition coefficient (Wildman–Crippen LogP) is 1.99. The highest BCUT2D eigenvalue weighted by Crippen LogP contribution is 2.12. The van der Waals surface area contributed by atoms with Gasteiger partial charge >= 0.3 is 0 Å². The highest BCUT2D eigenvalue weighted by atomic mass is 16.7. The van der Waals surface area contributed by atoms with Crippen molar-refractivity contribution in [3.05, 3.63) is 17.5 Å². The zero-order valence-electron chi connectivity index (χ0n) is 13.5. The van der Waals surface area contributed by atoms with E-state index in [4.69, 9.17) is 9.47 Å². The number of aromatic nitrogens is 2. The molecule has 0 aliphatic heterocycles. The van der Waals surface area contributed by atoms with Gasteiger partial charge in [0.15, 0.2) is 6.29 Å². The summed E-state index contributed by atoms with van der Waals surface area (Å²) >= 11 is 0. The number of ether oxygens (including phenoxy) is 2. The molecule has 0 fully saturated rings. The van der Waals surface area contributed by atoms with Crippen LogP contribution in [0.4, 0.5) is 0 Å². The van der Waals surface area contributed by atoms with Crippen molar-refractivity contribution in [2.75, 3.05) is 20.3 Å². The van der Waals surface area contributed by atoms with E-state index < -0.39 is 0 Å². The van der Waals surface area contributed by atoms with Gasteiger partial charge in [-0.25, -0.2) is 0 Å². The summed E-state index contributed by atoms with van der Waals surface area (Å²) < 4.78 is 13.5. The maximum atomic E-state index is 5.70. The fraction of sp³-hybridized carbons (Fsp3) is 0.800. The lowest BCUT2D eigenvalue weighted by atomic mass is 10.1. The average molecular weight is 283 g/mol. The largest absolute Gasteiger partial charge is 0.351 e.